The fourth-order valence-corrected chi connectivity index (χ4v) is 5.32. The number of fused-ring (bicyclic) bond motifs is 5. The minimum absolute atomic E-state index is 0.0848. The zero-order chi connectivity index (χ0) is 25.9. The Morgan fingerprint density at radius 1 is 0.816 bits per heavy atom. The maximum absolute atomic E-state index is 13.9. The van der Waals surface area contributed by atoms with Crippen molar-refractivity contribution in [2.45, 2.75) is 25.5 Å². The number of pyridine rings is 1. The number of carbonyl (C=O) groups excluding carboxylic acids is 1. The van der Waals surface area contributed by atoms with Crippen molar-refractivity contribution in [2.75, 3.05) is 18.2 Å². The number of ether oxygens (including phenoxy) is 1. The van der Waals surface area contributed by atoms with Crippen LogP contribution in [0, 0.1) is 0 Å². The van der Waals surface area contributed by atoms with Crippen LogP contribution in [0.4, 0.5) is 0 Å². The van der Waals surface area contributed by atoms with E-state index in [9.17, 15) is 9.59 Å². The molecule has 38 heavy (non-hydrogen) atoms. The molecule has 1 unspecified atom stereocenters. The minimum atomic E-state index is -0.303. The third-order valence-electron chi connectivity index (χ3n) is 7.18. The Morgan fingerprint density at radius 2 is 1.55 bits per heavy atom. The summed E-state index contributed by atoms with van der Waals surface area (Å²) < 4.78 is 7.93. The quantitative estimate of drug-likeness (QED) is 0.365. The third kappa shape index (κ3) is 4.50. The zero-order valence-electron chi connectivity index (χ0n) is 21.1. The molecular weight excluding hydrogens is 474 g/mol. The van der Waals surface area contributed by atoms with E-state index in [4.69, 9.17) is 4.74 Å². The molecule has 0 radical (unpaired) electrons. The van der Waals surface area contributed by atoms with Crippen LogP contribution >= 0.6 is 0 Å². The van der Waals surface area contributed by atoms with E-state index < -0.39 is 0 Å². The van der Waals surface area contributed by atoms with Crippen LogP contribution in [0.1, 0.15) is 45.2 Å². The SMILES string of the molecule is O=C1c2c(OCc3ccccc3)c(=O)ccn2N2CN1CC/C=C\Cc1ccccc1C2c1ccccc1. The number of rotatable bonds is 4. The Hall–Kier alpha value is -4.58. The van der Waals surface area contributed by atoms with Gasteiger partial charge in [-0.3, -0.25) is 19.3 Å². The van der Waals surface area contributed by atoms with Crippen LogP contribution < -0.4 is 15.2 Å². The van der Waals surface area contributed by atoms with Crippen molar-refractivity contribution in [1.82, 2.24) is 9.58 Å². The molecule has 1 atom stereocenters. The monoisotopic (exact) mass is 503 g/mol. The van der Waals surface area contributed by atoms with E-state index in [-0.39, 0.29) is 35.4 Å². The molecule has 2 aliphatic heterocycles. The van der Waals surface area contributed by atoms with E-state index in [1.54, 1.807) is 6.20 Å². The van der Waals surface area contributed by atoms with Crippen molar-refractivity contribution in [3.63, 3.8) is 0 Å². The molecule has 1 amide bonds. The Kier molecular flexibility index (Phi) is 6.53. The predicted molar refractivity (Wildman–Crippen MR) is 148 cm³/mol. The lowest BCUT2D eigenvalue weighted by Gasteiger charge is -2.44. The van der Waals surface area contributed by atoms with E-state index in [1.807, 2.05) is 58.1 Å². The second-order valence-corrected chi connectivity index (χ2v) is 9.60. The van der Waals surface area contributed by atoms with Gasteiger partial charge in [0.1, 0.15) is 13.3 Å². The first-order valence-corrected chi connectivity index (χ1v) is 13.0. The van der Waals surface area contributed by atoms with E-state index in [0.29, 0.717) is 13.2 Å². The summed E-state index contributed by atoms with van der Waals surface area (Å²) in [6.45, 7) is 1.13. The summed E-state index contributed by atoms with van der Waals surface area (Å²) in [4.78, 5) is 28.8. The summed E-state index contributed by atoms with van der Waals surface area (Å²) in [5.41, 5.74) is 4.39. The molecule has 4 aromatic rings. The van der Waals surface area contributed by atoms with Gasteiger partial charge in [-0.15, -0.1) is 0 Å². The van der Waals surface area contributed by atoms with Crippen LogP contribution in [0.15, 0.2) is 114 Å². The van der Waals surface area contributed by atoms with Gasteiger partial charge in [0.05, 0.1) is 6.04 Å². The van der Waals surface area contributed by atoms with Crippen LogP contribution in [-0.2, 0) is 13.0 Å². The normalized spacial score (nSPS) is 17.7. The van der Waals surface area contributed by atoms with Crippen LogP contribution in [-0.4, -0.2) is 28.7 Å². The van der Waals surface area contributed by atoms with Gasteiger partial charge in [-0.1, -0.05) is 97.1 Å². The molecule has 6 heteroatoms. The van der Waals surface area contributed by atoms with Gasteiger partial charge in [0.25, 0.3) is 5.91 Å². The van der Waals surface area contributed by atoms with Crippen molar-refractivity contribution in [1.29, 1.82) is 0 Å². The Bertz CT molecular complexity index is 1530. The fourth-order valence-electron chi connectivity index (χ4n) is 5.32. The number of allylic oxidation sites excluding steroid dienone is 1. The van der Waals surface area contributed by atoms with Gasteiger partial charge in [-0.25, -0.2) is 0 Å². The van der Waals surface area contributed by atoms with Gasteiger partial charge in [0.2, 0.25) is 5.43 Å². The average molecular weight is 504 g/mol. The largest absolute Gasteiger partial charge is 0.482 e. The highest BCUT2D eigenvalue weighted by Gasteiger charge is 2.37. The summed E-state index contributed by atoms with van der Waals surface area (Å²) in [7, 11) is 0. The lowest BCUT2D eigenvalue weighted by Crippen LogP contribution is -2.55. The number of amides is 1. The van der Waals surface area contributed by atoms with Crippen LogP contribution in [0.2, 0.25) is 0 Å². The van der Waals surface area contributed by atoms with Crippen LogP contribution in [0.3, 0.4) is 0 Å². The predicted octanol–water partition coefficient (Wildman–Crippen LogP) is 5.07. The Balaban J connectivity index is 1.54. The second-order valence-electron chi connectivity index (χ2n) is 9.60. The van der Waals surface area contributed by atoms with Crippen LogP contribution in [0.5, 0.6) is 5.75 Å². The molecule has 2 aliphatic rings. The van der Waals surface area contributed by atoms with Crippen molar-refractivity contribution in [3.8, 4) is 5.75 Å². The summed E-state index contributed by atoms with van der Waals surface area (Å²) >= 11 is 0. The molecule has 3 heterocycles. The lowest BCUT2D eigenvalue weighted by atomic mass is 9.92. The summed E-state index contributed by atoms with van der Waals surface area (Å²) in [5, 5.41) is 2.17. The molecule has 0 N–H and O–H groups in total. The lowest BCUT2D eigenvalue weighted by molar-refractivity contribution is 0.0680. The summed E-state index contributed by atoms with van der Waals surface area (Å²) in [5.74, 6) is -0.115. The van der Waals surface area contributed by atoms with E-state index in [0.717, 1.165) is 29.5 Å². The fraction of sp³-hybridized carbons (Fsp3) is 0.188. The van der Waals surface area contributed by atoms with Crippen LogP contribution in [0.25, 0.3) is 0 Å². The summed E-state index contributed by atoms with van der Waals surface area (Å²) in [6, 6.07) is 29.8. The second kappa shape index (κ2) is 10.4. The molecule has 3 aromatic carbocycles. The summed E-state index contributed by atoms with van der Waals surface area (Å²) in [6.07, 6.45) is 7.57. The smallest absolute Gasteiger partial charge is 0.277 e. The third-order valence-corrected chi connectivity index (χ3v) is 7.18. The van der Waals surface area contributed by atoms with E-state index in [1.165, 1.54) is 11.6 Å². The van der Waals surface area contributed by atoms with Crippen molar-refractivity contribution in [3.05, 3.63) is 148 Å². The number of benzene rings is 3. The number of hydrogen-bond acceptors (Lipinski definition) is 4. The molecular formula is C32H29N3O3. The van der Waals surface area contributed by atoms with E-state index in [2.05, 4.69) is 53.6 Å². The molecule has 0 aliphatic carbocycles. The van der Waals surface area contributed by atoms with Crippen molar-refractivity contribution < 1.29 is 9.53 Å². The van der Waals surface area contributed by atoms with Gasteiger partial charge >= 0.3 is 0 Å². The minimum Gasteiger partial charge on any atom is -0.482 e. The molecule has 190 valence electrons. The molecule has 0 spiro atoms. The molecule has 6 rings (SSSR count). The van der Waals surface area contributed by atoms with Crippen molar-refractivity contribution >= 4 is 5.91 Å². The van der Waals surface area contributed by atoms with Gasteiger partial charge < -0.3 is 9.64 Å². The standard InChI is InChI=1S/C32H29N3O3/c36-28-19-21-34-30(31(28)38-22-24-12-4-1-5-13-24)32(37)33-20-11-3-8-14-25-15-9-10-18-27(25)29(35(34)23-33)26-16-6-2-7-17-26/h1-10,12-13,15-19,21,29H,11,14,20,22-23H2/b8-3-. The maximum Gasteiger partial charge on any atom is 0.277 e. The highest BCUT2D eigenvalue weighted by molar-refractivity contribution is 5.96. The van der Waals surface area contributed by atoms with Gasteiger partial charge in [-0.05, 0) is 35.1 Å². The number of nitrogens with zero attached hydrogens (tertiary/aromatic N) is 3. The number of aromatic nitrogens is 1. The average Bonchev–Trinajstić information content (AvgIpc) is 2.99. The molecule has 0 fully saturated rings. The number of carbonyl (C=O) groups is 1. The number of hydrogen-bond donors (Lipinski definition) is 0. The van der Waals surface area contributed by atoms with E-state index >= 15 is 0 Å². The van der Waals surface area contributed by atoms with Gasteiger partial charge in [-0.2, -0.15) is 0 Å². The molecule has 0 saturated carbocycles. The first-order valence-electron chi connectivity index (χ1n) is 13.0. The topological polar surface area (TPSA) is 54.8 Å². The maximum atomic E-state index is 13.9. The van der Waals surface area contributed by atoms with Crippen molar-refractivity contribution in [2.24, 2.45) is 0 Å². The highest BCUT2D eigenvalue weighted by Crippen LogP contribution is 2.34. The molecule has 6 nitrogen and oxygen atoms in total. The Morgan fingerprint density at radius 3 is 2.37 bits per heavy atom. The first kappa shape index (κ1) is 23.8. The molecule has 1 aromatic heterocycles. The van der Waals surface area contributed by atoms with Gasteiger partial charge in [0.15, 0.2) is 11.4 Å². The van der Waals surface area contributed by atoms with Gasteiger partial charge in [0, 0.05) is 18.8 Å². The zero-order valence-corrected chi connectivity index (χ0v) is 21.1. The molecule has 0 saturated heterocycles. The highest BCUT2D eigenvalue weighted by atomic mass is 16.5. The molecule has 2 bridgehead atoms. The first-order chi connectivity index (χ1) is 18.7. The Labute approximate surface area is 222 Å².